The van der Waals surface area contributed by atoms with Crippen molar-refractivity contribution < 1.29 is 9.59 Å². The molecule has 7 heteroatoms. The maximum atomic E-state index is 13.3. The van der Waals surface area contributed by atoms with Crippen molar-refractivity contribution in [3.8, 4) is 11.3 Å². The molecular weight excluding hydrogens is 426 g/mol. The molecule has 3 heterocycles. The SMILES string of the molecule is CC(C)(C(=O)N1CCN(C(=O)c2cnn3c(-c4ccccc4)ccnc23)CC1)c1ccccc1. The van der Waals surface area contributed by atoms with Gasteiger partial charge in [0.1, 0.15) is 5.56 Å². The highest BCUT2D eigenvalue weighted by Gasteiger charge is 2.36. The Morgan fingerprint density at radius 1 is 0.824 bits per heavy atom. The molecule has 0 unspecified atom stereocenters. The second-order valence-corrected chi connectivity index (χ2v) is 9.07. The highest BCUT2D eigenvalue weighted by Crippen LogP contribution is 2.27. The third-order valence-electron chi connectivity index (χ3n) is 6.59. The summed E-state index contributed by atoms with van der Waals surface area (Å²) < 4.78 is 1.71. The quantitative estimate of drug-likeness (QED) is 0.473. The van der Waals surface area contributed by atoms with Crippen LogP contribution in [0.1, 0.15) is 29.8 Å². The first-order valence-corrected chi connectivity index (χ1v) is 11.5. The van der Waals surface area contributed by atoms with Crippen molar-refractivity contribution in [3.63, 3.8) is 0 Å². The Hall–Kier alpha value is -4.00. The van der Waals surface area contributed by atoms with E-state index in [2.05, 4.69) is 10.1 Å². The second-order valence-electron chi connectivity index (χ2n) is 9.07. The Kier molecular flexibility index (Phi) is 5.61. The van der Waals surface area contributed by atoms with Gasteiger partial charge in [-0.15, -0.1) is 0 Å². The molecule has 1 aliphatic heterocycles. The molecule has 1 aliphatic rings. The fourth-order valence-corrected chi connectivity index (χ4v) is 4.53. The number of rotatable bonds is 4. The van der Waals surface area contributed by atoms with Crippen LogP contribution >= 0.6 is 0 Å². The molecule has 4 aromatic rings. The van der Waals surface area contributed by atoms with Crippen molar-refractivity contribution in [2.24, 2.45) is 0 Å². The van der Waals surface area contributed by atoms with Gasteiger partial charge in [0.15, 0.2) is 5.65 Å². The molecule has 5 rings (SSSR count). The average molecular weight is 454 g/mol. The second kappa shape index (κ2) is 8.74. The Labute approximate surface area is 198 Å². The van der Waals surface area contributed by atoms with Gasteiger partial charge >= 0.3 is 0 Å². The summed E-state index contributed by atoms with van der Waals surface area (Å²) in [5, 5.41) is 4.46. The van der Waals surface area contributed by atoms with Gasteiger partial charge in [-0.3, -0.25) is 9.59 Å². The molecule has 0 aliphatic carbocycles. The molecule has 0 N–H and O–H groups in total. The Bertz CT molecular complexity index is 1320. The maximum absolute atomic E-state index is 13.3. The molecule has 34 heavy (non-hydrogen) atoms. The number of carbonyl (C=O) groups is 2. The molecule has 1 saturated heterocycles. The number of piperazine rings is 1. The first kappa shape index (κ1) is 21.8. The Balaban J connectivity index is 1.32. The van der Waals surface area contributed by atoms with Gasteiger partial charge in [0.05, 0.1) is 17.3 Å². The lowest BCUT2D eigenvalue weighted by Crippen LogP contribution is -2.54. The lowest BCUT2D eigenvalue weighted by atomic mass is 9.83. The summed E-state index contributed by atoms with van der Waals surface area (Å²) in [5.41, 5.74) is 3.27. The van der Waals surface area contributed by atoms with Gasteiger partial charge in [0, 0.05) is 37.9 Å². The number of amides is 2. The minimum atomic E-state index is -0.617. The number of nitrogens with zero attached hydrogens (tertiary/aromatic N) is 5. The summed E-state index contributed by atoms with van der Waals surface area (Å²) in [6.07, 6.45) is 3.30. The van der Waals surface area contributed by atoms with Gasteiger partial charge in [-0.25, -0.2) is 9.50 Å². The molecule has 0 atom stereocenters. The summed E-state index contributed by atoms with van der Waals surface area (Å²) in [5.74, 6) is -0.0296. The van der Waals surface area contributed by atoms with E-state index in [9.17, 15) is 9.59 Å². The van der Waals surface area contributed by atoms with Crippen LogP contribution in [0.2, 0.25) is 0 Å². The van der Waals surface area contributed by atoms with E-state index in [4.69, 9.17) is 0 Å². The van der Waals surface area contributed by atoms with Gasteiger partial charge in [0.25, 0.3) is 5.91 Å². The van der Waals surface area contributed by atoms with E-state index in [-0.39, 0.29) is 11.8 Å². The molecule has 0 spiro atoms. The third-order valence-corrected chi connectivity index (χ3v) is 6.59. The highest BCUT2D eigenvalue weighted by atomic mass is 16.2. The van der Waals surface area contributed by atoms with Crippen molar-refractivity contribution in [1.29, 1.82) is 0 Å². The van der Waals surface area contributed by atoms with E-state index in [1.165, 1.54) is 0 Å². The van der Waals surface area contributed by atoms with Gasteiger partial charge < -0.3 is 9.80 Å². The molecule has 7 nitrogen and oxygen atoms in total. The number of benzene rings is 2. The highest BCUT2D eigenvalue weighted by molar-refractivity contribution is 6.00. The smallest absolute Gasteiger partial charge is 0.259 e. The summed E-state index contributed by atoms with van der Waals surface area (Å²) in [6, 6.07) is 21.6. The molecular formula is C27H27N5O2. The van der Waals surface area contributed by atoms with Crippen LogP contribution in [0.3, 0.4) is 0 Å². The molecule has 0 saturated carbocycles. The minimum absolute atomic E-state index is 0.0796. The first-order valence-electron chi connectivity index (χ1n) is 11.5. The lowest BCUT2D eigenvalue weighted by molar-refractivity contribution is -0.137. The van der Waals surface area contributed by atoms with Crippen LogP contribution in [-0.4, -0.2) is 62.4 Å². The van der Waals surface area contributed by atoms with Crippen LogP contribution in [0, 0.1) is 0 Å². The maximum Gasteiger partial charge on any atom is 0.259 e. The zero-order chi connectivity index (χ0) is 23.7. The molecule has 0 radical (unpaired) electrons. The summed E-state index contributed by atoms with van der Waals surface area (Å²) in [6.45, 7) is 5.87. The lowest BCUT2D eigenvalue weighted by Gasteiger charge is -2.38. The normalized spacial score (nSPS) is 14.4. The standard InChI is InChI=1S/C27H27N5O2/c1-27(2,21-11-7-4-8-12-21)26(34)31-17-15-30(16-18-31)25(33)22-19-29-32-23(13-14-28-24(22)32)20-9-5-3-6-10-20/h3-14,19H,15-18H2,1-2H3. The van der Waals surface area contributed by atoms with Crippen LogP contribution in [0.15, 0.2) is 79.1 Å². The molecule has 172 valence electrons. The zero-order valence-electron chi connectivity index (χ0n) is 19.4. The van der Waals surface area contributed by atoms with E-state index in [1.54, 1.807) is 21.8 Å². The largest absolute Gasteiger partial charge is 0.338 e. The molecule has 1 fully saturated rings. The van der Waals surface area contributed by atoms with Gasteiger partial charge in [-0.05, 0) is 25.5 Å². The van der Waals surface area contributed by atoms with Crippen LogP contribution in [0.25, 0.3) is 16.9 Å². The van der Waals surface area contributed by atoms with Crippen molar-refractivity contribution >= 4 is 17.5 Å². The van der Waals surface area contributed by atoms with Crippen molar-refractivity contribution in [2.75, 3.05) is 26.2 Å². The van der Waals surface area contributed by atoms with Gasteiger partial charge in [-0.1, -0.05) is 60.7 Å². The molecule has 2 amide bonds. The Morgan fingerprint density at radius 3 is 2.12 bits per heavy atom. The van der Waals surface area contributed by atoms with Gasteiger partial charge in [0.2, 0.25) is 5.91 Å². The first-order chi connectivity index (χ1) is 16.5. The summed E-state index contributed by atoms with van der Waals surface area (Å²) in [4.78, 5) is 34.7. The van der Waals surface area contributed by atoms with Crippen LogP contribution in [0.4, 0.5) is 0 Å². The van der Waals surface area contributed by atoms with E-state index < -0.39 is 5.41 Å². The van der Waals surface area contributed by atoms with E-state index >= 15 is 0 Å². The predicted octanol–water partition coefficient (Wildman–Crippen LogP) is 3.66. The van der Waals surface area contributed by atoms with Crippen molar-refractivity contribution in [1.82, 2.24) is 24.4 Å². The molecule has 2 aromatic heterocycles. The number of hydrogen-bond donors (Lipinski definition) is 0. The summed E-state index contributed by atoms with van der Waals surface area (Å²) >= 11 is 0. The Morgan fingerprint density at radius 2 is 1.44 bits per heavy atom. The van der Waals surface area contributed by atoms with E-state index in [0.29, 0.717) is 37.4 Å². The number of fused-ring (bicyclic) bond motifs is 1. The monoisotopic (exact) mass is 453 g/mol. The number of aromatic nitrogens is 3. The van der Waals surface area contributed by atoms with Gasteiger partial charge in [-0.2, -0.15) is 5.10 Å². The minimum Gasteiger partial charge on any atom is -0.338 e. The summed E-state index contributed by atoms with van der Waals surface area (Å²) in [7, 11) is 0. The van der Waals surface area contributed by atoms with Crippen molar-refractivity contribution in [2.45, 2.75) is 19.3 Å². The van der Waals surface area contributed by atoms with Crippen molar-refractivity contribution in [3.05, 3.63) is 90.3 Å². The average Bonchev–Trinajstić information content (AvgIpc) is 3.33. The van der Waals surface area contributed by atoms with Crippen LogP contribution < -0.4 is 0 Å². The number of carbonyl (C=O) groups excluding carboxylic acids is 2. The van der Waals surface area contributed by atoms with Crippen LogP contribution in [0.5, 0.6) is 0 Å². The zero-order valence-corrected chi connectivity index (χ0v) is 19.4. The topological polar surface area (TPSA) is 70.8 Å². The molecule has 2 aromatic carbocycles. The fourth-order valence-electron chi connectivity index (χ4n) is 4.53. The molecule has 0 bridgehead atoms. The third kappa shape index (κ3) is 3.83. The number of hydrogen-bond acceptors (Lipinski definition) is 4. The van der Waals surface area contributed by atoms with E-state index in [1.807, 2.05) is 85.5 Å². The van der Waals surface area contributed by atoms with E-state index in [0.717, 1.165) is 16.8 Å². The predicted molar refractivity (Wildman–Crippen MR) is 130 cm³/mol. The fraction of sp³-hybridized carbons (Fsp3) is 0.259. The van der Waals surface area contributed by atoms with Crippen LogP contribution in [-0.2, 0) is 10.2 Å².